The zero-order chi connectivity index (χ0) is 14.5. The minimum atomic E-state index is 0.767. The molecule has 0 amide bonds. The number of para-hydroxylation sites is 1. The Bertz CT molecular complexity index is 709. The number of thioether (sulfide) groups is 1. The van der Waals surface area contributed by atoms with Gasteiger partial charge in [-0.3, -0.25) is 0 Å². The standard InChI is InChI=1S/C17H17ClN2S/c18-17-14-8-4-5-9-15(14)20-16(17)12-19-10-11-21-13-6-2-1-3-7-13/h1-9,19-20H,10-12H2. The van der Waals surface area contributed by atoms with E-state index in [1.807, 2.05) is 36.0 Å². The molecular formula is C17H17ClN2S. The highest BCUT2D eigenvalue weighted by atomic mass is 35.5. The first-order valence-corrected chi connectivity index (χ1v) is 8.34. The number of benzene rings is 2. The summed E-state index contributed by atoms with van der Waals surface area (Å²) >= 11 is 8.25. The molecule has 0 unspecified atom stereocenters. The van der Waals surface area contributed by atoms with Crippen LogP contribution in [-0.4, -0.2) is 17.3 Å². The molecule has 1 heterocycles. The molecule has 0 aliphatic rings. The molecule has 0 aliphatic carbocycles. The zero-order valence-electron chi connectivity index (χ0n) is 11.6. The Balaban J connectivity index is 1.49. The minimum Gasteiger partial charge on any atom is -0.356 e. The molecular weight excluding hydrogens is 300 g/mol. The number of aromatic nitrogens is 1. The number of H-pyrrole nitrogens is 1. The van der Waals surface area contributed by atoms with Gasteiger partial charge in [0.1, 0.15) is 0 Å². The topological polar surface area (TPSA) is 27.8 Å². The second-order valence-corrected chi connectivity index (χ2v) is 6.35. The third kappa shape index (κ3) is 3.62. The van der Waals surface area contributed by atoms with E-state index < -0.39 is 0 Å². The highest BCUT2D eigenvalue weighted by Crippen LogP contribution is 2.26. The van der Waals surface area contributed by atoms with Crippen molar-refractivity contribution in [2.45, 2.75) is 11.4 Å². The zero-order valence-corrected chi connectivity index (χ0v) is 13.2. The fourth-order valence-electron chi connectivity index (χ4n) is 2.26. The number of nitrogens with one attached hydrogen (secondary N) is 2. The molecule has 3 rings (SSSR count). The molecule has 4 heteroatoms. The molecule has 1 aromatic heterocycles. The van der Waals surface area contributed by atoms with E-state index in [9.17, 15) is 0 Å². The van der Waals surface area contributed by atoms with Crippen LogP contribution in [0.4, 0.5) is 0 Å². The lowest BCUT2D eigenvalue weighted by atomic mass is 10.2. The maximum Gasteiger partial charge on any atom is 0.0705 e. The average Bonchev–Trinajstić information content (AvgIpc) is 2.85. The van der Waals surface area contributed by atoms with Gasteiger partial charge in [-0.25, -0.2) is 0 Å². The maximum absolute atomic E-state index is 6.39. The van der Waals surface area contributed by atoms with Crippen molar-refractivity contribution in [3.63, 3.8) is 0 Å². The van der Waals surface area contributed by atoms with E-state index in [1.165, 1.54) is 4.90 Å². The predicted molar refractivity (Wildman–Crippen MR) is 92.2 cm³/mol. The monoisotopic (exact) mass is 316 g/mol. The second kappa shape index (κ2) is 7.03. The molecule has 0 spiro atoms. The molecule has 0 bridgehead atoms. The van der Waals surface area contributed by atoms with E-state index in [4.69, 9.17) is 11.6 Å². The number of aromatic amines is 1. The van der Waals surface area contributed by atoms with Crippen LogP contribution in [0.25, 0.3) is 10.9 Å². The van der Waals surface area contributed by atoms with Crippen molar-refractivity contribution in [3.8, 4) is 0 Å². The highest BCUT2D eigenvalue weighted by Gasteiger charge is 2.07. The molecule has 2 aromatic carbocycles. The Labute approximate surface area is 133 Å². The van der Waals surface area contributed by atoms with Crippen LogP contribution in [0.15, 0.2) is 59.5 Å². The highest BCUT2D eigenvalue weighted by molar-refractivity contribution is 7.99. The first-order chi connectivity index (χ1) is 10.3. The molecule has 21 heavy (non-hydrogen) atoms. The largest absolute Gasteiger partial charge is 0.356 e. The Kier molecular flexibility index (Phi) is 4.86. The lowest BCUT2D eigenvalue weighted by Crippen LogP contribution is -2.16. The SMILES string of the molecule is Clc1c(CNCCSc2ccccc2)[nH]c2ccccc12. The summed E-state index contributed by atoms with van der Waals surface area (Å²) in [5.74, 6) is 1.04. The van der Waals surface area contributed by atoms with Crippen molar-refractivity contribution < 1.29 is 0 Å². The molecule has 2 N–H and O–H groups in total. The quantitative estimate of drug-likeness (QED) is 0.509. The van der Waals surface area contributed by atoms with E-state index in [-0.39, 0.29) is 0 Å². The predicted octanol–water partition coefficient (Wildman–Crippen LogP) is 4.70. The lowest BCUT2D eigenvalue weighted by molar-refractivity contribution is 0.720. The summed E-state index contributed by atoms with van der Waals surface area (Å²) in [6.45, 7) is 1.72. The summed E-state index contributed by atoms with van der Waals surface area (Å²) < 4.78 is 0. The molecule has 0 saturated heterocycles. The van der Waals surface area contributed by atoms with Crippen molar-refractivity contribution >= 4 is 34.3 Å². The fourth-order valence-corrected chi connectivity index (χ4v) is 3.37. The first-order valence-electron chi connectivity index (χ1n) is 6.98. The van der Waals surface area contributed by atoms with Crippen molar-refractivity contribution in [2.75, 3.05) is 12.3 Å². The van der Waals surface area contributed by atoms with E-state index >= 15 is 0 Å². The van der Waals surface area contributed by atoms with Crippen LogP contribution in [0, 0.1) is 0 Å². The van der Waals surface area contributed by atoms with E-state index in [2.05, 4.69) is 40.6 Å². The molecule has 0 atom stereocenters. The van der Waals surface area contributed by atoms with Gasteiger partial charge >= 0.3 is 0 Å². The van der Waals surface area contributed by atoms with E-state index in [1.54, 1.807) is 0 Å². The summed E-state index contributed by atoms with van der Waals surface area (Å²) in [7, 11) is 0. The van der Waals surface area contributed by atoms with Gasteiger partial charge in [0.15, 0.2) is 0 Å². The van der Waals surface area contributed by atoms with Crippen LogP contribution in [0.3, 0.4) is 0 Å². The van der Waals surface area contributed by atoms with Gasteiger partial charge in [-0.05, 0) is 18.2 Å². The number of halogens is 1. The van der Waals surface area contributed by atoms with Crippen LogP contribution in [0.2, 0.25) is 5.02 Å². The normalized spacial score (nSPS) is 11.1. The van der Waals surface area contributed by atoms with Crippen molar-refractivity contribution in [2.24, 2.45) is 0 Å². The smallest absolute Gasteiger partial charge is 0.0705 e. The third-order valence-corrected chi connectivity index (χ3v) is 4.75. The third-order valence-electron chi connectivity index (χ3n) is 3.31. The first kappa shape index (κ1) is 14.5. The van der Waals surface area contributed by atoms with Gasteiger partial charge in [0.25, 0.3) is 0 Å². The van der Waals surface area contributed by atoms with Crippen LogP contribution >= 0.6 is 23.4 Å². The van der Waals surface area contributed by atoms with Crippen molar-refractivity contribution in [3.05, 3.63) is 65.3 Å². The van der Waals surface area contributed by atoms with Gasteiger partial charge in [0, 0.05) is 40.3 Å². The van der Waals surface area contributed by atoms with Crippen molar-refractivity contribution in [1.29, 1.82) is 0 Å². The van der Waals surface area contributed by atoms with Crippen LogP contribution in [0.5, 0.6) is 0 Å². The number of hydrogen-bond donors (Lipinski definition) is 2. The van der Waals surface area contributed by atoms with E-state index in [0.717, 1.165) is 40.5 Å². The Morgan fingerprint density at radius 1 is 1.00 bits per heavy atom. The number of fused-ring (bicyclic) bond motifs is 1. The Hall–Kier alpha value is -1.42. The van der Waals surface area contributed by atoms with E-state index in [0.29, 0.717) is 0 Å². The van der Waals surface area contributed by atoms with Gasteiger partial charge in [0.05, 0.1) is 5.02 Å². The molecule has 0 fully saturated rings. The average molecular weight is 317 g/mol. The fraction of sp³-hybridized carbons (Fsp3) is 0.176. The second-order valence-electron chi connectivity index (χ2n) is 4.80. The summed E-state index contributed by atoms with van der Waals surface area (Å²) in [6.07, 6.45) is 0. The number of rotatable bonds is 6. The molecule has 0 radical (unpaired) electrons. The summed E-state index contributed by atoms with van der Waals surface area (Å²) in [5.41, 5.74) is 2.15. The van der Waals surface area contributed by atoms with Gasteiger partial charge in [0.2, 0.25) is 0 Å². The van der Waals surface area contributed by atoms with Gasteiger partial charge < -0.3 is 10.3 Å². The van der Waals surface area contributed by atoms with Crippen LogP contribution < -0.4 is 5.32 Å². The molecule has 2 nitrogen and oxygen atoms in total. The molecule has 108 valence electrons. The Morgan fingerprint density at radius 3 is 2.57 bits per heavy atom. The maximum atomic E-state index is 6.39. The lowest BCUT2D eigenvalue weighted by Gasteiger charge is -2.04. The summed E-state index contributed by atoms with van der Waals surface area (Å²) in [6, 6.07) is 18.6. The molecule has 3 aromatic rings. The van der Waals surface area contributed by atoms with Gasteiger partial charge in [-0.1, -0.05) is 48.0 Å². The number of hydrogen-bond acceptors (Lipinski definition) is 2. The summed E-state index contributed by atoms with van der Waals surface area (Å²) in [5, 5.41) is 5.36. The Morgan fingerprint density at radius 2 is 1.76 bits per heavy atom. The summed E-state index contributed by atoms with van der Waals surface area (Å²) in [4.78, 5) is 4.68. The van der Waals surface area contributed by atoms with Gasteiger partial charge in [-0.2, -0.15) is 0 Å². The van der Waals surface area contributed by atoms with Gasteiger partial charge in [-0.15, -0.1) is 11.8 Å². The van der Waals surface area contributed by atoms with Crippen molar-refractivity contribution in [1.82, 2.24) is 10.3 Å². The molecule has 0 saturated carbocycles. The minimum absolute atomic E-state index is 0.767. The van der Waals surface area contributed by atoms with Crippen LogP contribution in [-0.2, 0) is 6.54 Å². The van der Waals surface area contributed by atoms with Crippen LogP contribution in [0.1, 0.15) is 5.69 Å². The molecule has 0 aliphatic heterocycles.